The van der Waals surface area contributed by atoms with E-state index in [0.717, 1.165) is 79.2 Å². The highest BCUT2D eigenvalue weighted by atomic mass is 32.1. The highest BCUT2D eigenvalue weighted by molar-refractivity contribution is 7.20. The van der Waals surface area contributed by atoms with Gasteiger partial charge in [-0.2, -0.15) is 24.9 Å². The highest BCUT2D eigenvalue weighted by Crippen LogP contribution is 2.37. The number of aryl methyl sites for hydroxylation is 5. The molecule has 5 aliphatic heterocycles. The summed E-state index contributed by atoms with van der Waals surface area (Å²) in [7, 11) is 3.31. The molecule has 10 N–H and O–H groups in total. The normalized spacial score (nSPS) is 17.0. The second-order valence-electron chi connectivity index (χ2n) is 35.8. The maximum absolute atomic E-state index is 13.6. The summed E-state index contributed by atoms with van der Waals surface area (Å²) in [6.07, 6.45) is 5.97. The van der Waals surface area contributed by atoms with Crippen LogP contribution in [0, 0.1) is 69.6 Å². The zero-order chi connectivity index (χ0) is 103. The van der Waals surface area contributed by atoms with Gasteiger partial charge in [0.1, 0.15) is 52.6 Å². The van der Waals surface area contributed by atoms with Crippen LogP contribution in [-0.2, 0) is 14.3 Å². The molecule has 5 aliphatic rings. The number of likely N-dealkylation sites (tertiary alicyclic amines) is 5. The lowest BCUT2D eigenvalue weighted by Crippen LogP contribution is -2.53. The zero-order valence-electron chi connectivity index (χ0n) is 81.6. The standard InChI is InChI=1S/C20H22FN7O2S.2C20H22FN5O2S.2C19H21FN6OS.CH4/c1-10(14-4-15(21)7-22-6-14)24-20-26-16(17-18(27-20)25-12(3)31-17)19(30)28-8-13(9-28)5-23-11(2)29;2*1-11(13-5-4-6-14(21)9-13)22-20-24-16(17-18(25-20)23-12(2)29-17)19(27)26-8-7-15(10-26)28-3;2*1-10(12-4-3-5-13(20)8-12)22-19-24-15(16-17(25-19)23-11(2)28-16)18(27)26-7-6-14(21)9-26;/h4,6-7,10,13H,5,8-9H2,1-3H3,(H,23,29)(H,24,26,27);2*4-6,9,11,15H,7-8,10H2,1-3H3,(H,22,24,25);2*3-5,8,10,14H,6-7,9,21H2,1-2H3,(H,22,24,25);1H4/t10-;11-,15+;11-,15-;10-,14+;10-,14-;/m00000./s1. The second-order valence-corrected chi connectivity index (χ2v) is 41.8. The summed E-state index contributed by atoms with van der Waals surface area (Å²) in [5.41, 5.74) is 19.6. The van der Waals surface area contributed by atoms with E-state index in [0.29, 0.717) is 182 Å². The van der Waals surface area contributed by atoms with E-state index in [2.05, 4.69) is 112 Å². The van der Waals surface area contributed by atoms with Gasteiger partial charge in [0.15, 0.2) is 56.7 Å². The molecule has 146 heavy (non-hydrogen) atoms. The Morgan fingerprint density at radius 1 is 0.356 bits per heavy atom. The van der Waals surface area contributed by atoms with Gasteiger partial charge >= 0.3 is 0 Å². The number of amides is 6. The molecule has 5 fully saturated rings. The number of aromatic nitrogens is 16. The Morgan fingerprint density at radius 3 is 0.863 bits per heavy atom. The Labute approximate surface area is 857 Å². The number of ether oxygens (including phenoxy) is 2. The fraction of sp³-hybridized carbons (Fsp3) is 0.394. The summed E-state index contributed by atoms with van der Waals surface area (Å²) in [5.74, 6) is -0.907. The van der Waals surface area contributed by atoms with Crippen LogP contribution in [0.5, 0.6) is 0 Å². The molecule has 0 saturated carbocycles. The van der Waals surface area contributed by atoms with Crippen LogP contribution in [0.3, 0.4) is 0 Å². The van der Waals surface area contributed by atoms with Gasteiger partial charge in [-0.3, -0.25) is 33.8 Å². The molecular weight excluding hydrogens is 1980 g/mol. The molecule has 4 aromatic carbocycles. The smallest absolute Gasteiger partial charge is 0.274 e. The number of nitrogens with two attached hydrogens (primary N) is 2. The number of fused-ring (bicyclic) bond motifs is 5. The van der Waals surface area contributed by atoms with E-state index in [1.165, 1.54) is 118 Å². The molecule has 0 spiro atoms. The van der Waals surface area contributed by atoms with Crippen molar-refractivity contribution in [2.45, 2.75) is 164 Å². The van der Waals surface area contributed by atoms with E-state index in [1.807, 2.05) is 93.5 Å². The molecule has 0 aliphatic carbocycles. The average molecular weight is 2090 g/mol. The van der Waals surface area contributed by atoms with Crippen molar-refractivity contribution in [2.75, 3.05) is 113 Å². The Balaban J connectivity index is 0.000000137. The molecule has 37 nitrogen and oxygen atoms in total. The van der Waals surface area contributed by atoms with Gasteiger partial charge < -0.3 is 77.3 Å². The first-order valence-corrected chi connectivity index (χ1v) is 51.1. The molecular formula is C99H112F5N29O8S5. The first kappa shape index (κ1) is 106. The van der Waals surface area contributed by atoms with Crippen LogP contribution in [0.25, 0.3) is 51.7 Å². The van der Waals surface area contributed by atoms with E-state index in [-0.39, 0.29) is 133 Å². The molecule has 6 amide bonds. The number of pyridine rings is 1. The number of halogens is 5. The molecule has 766 valence electrons. The number of benzene rings is 4. The number of methoxy groups -OCH3 is 2. The van der Waals surface area contributed by atoms with Crippen molar-refractivity contribution in [3.05, 3.63) is 226 Å². The first-order chi connectivity index (χ1) is 69.5. The molecule has 47 heteroatoms. The number of rotatable bonds is 24. The van der Waals surface area contributed by atoms with E-state index in [9.17, 15) is 50.7 Å². The number of nitrogens with one attached hydrogen (secondary N) is 6. The van der Waals surface area contributed by atoms with E-state index >= 15 is 0 Å². The van der Waals surface area contributed by atoms with Gasteiger partial charge in [-0.05, 0) is 177 Å². The molecule has 0 radical (unpaired) electrons. The van der Waals surface area contributed by atoms with Gasteiger partial charge in [0.05, 0.1) is 73.7 Å². The fourth-order valence-corrected chi connectivity index (χ4v) is 21.1. The van der Waals surface area contributed by atoms with Crippen LogP contribution >= 0.6 is 56.7 Å². The summed E-state index contributed by atoms with van der Waals surface area (Å²) in [4.78, 5) is 156. The zero-order valence-corrected chi connectivity index (χ0v) is 85.7. The lowest BCUT2D eigenvalue weighted by molar-refractivity contribution is -0.119. The van der Waals surface area contributed by atoms with Crippen LogP contribution in [0.4, 0.5) is 51.7 Å². The lowest BCUT2D eigenvalue weighted by Gasteiger charge is -2.39. The van der Waals surface area contributed by atoms with E-state index < -0.39 is 5.82 Å². The van der Waals surface area contributed by atoms with Crippen LogP contribution in [0.15, 0.2) is 116 Å². The van der Waals surface area contributed by atoms with Gasteiger partial charge in [-0.15, -0.1) is 56.7 Å². The Kier molecular flexibility index (Phi) is 34.4. The minimum atomic E-state index is -0.430. The van der Waals surface area contributed by atoms with Crippen molar-refractivity contribution in [1.82, 2.24) is 110 Å². The van der Waals surface area contributed by atoms with Crippen LogP contribution in [0.1, 0.15) is 210 Å². The van der Waals surface area contributed by atoms with Gasteiger partial charge in [0.25, 0.3) is 29.5 Å². The summed E-state index contributed by atoms with van der Waals surface area (Å²) >= 11 is 6.98. The van der Waals surface area contributed by atoms with Gasteiger partial charge in [-0.25, -0.2) is 71.8 Å². The summed E-state index contributed by atoms with van der Waals surface area (Å²) in [6.45, 7) is 26.5. The number of hydrogen-bond acceptors (Lipinski definition) is 36. The third-order valence-electron chi connectivity index (χ3n) is 24.6. The molecule has 15 aromatic rings. The number of thiazole rings is 5. The Bertz CT molecular complexity index is 6970. The summed E-state index contributed by atoms with van der Waals surface area (Å²) < 4.78 is 81.8. The Morgan fingerprint density at radius 2 is 0.616 bits per heavy atom. The van der Waals surface area contributed by atoms with Gasteiger partial charge in [0.2, 0.25) is 35.6 Å². The SMILES string of the molecule is C.CC(=O)NCC1CN(C(=O)c2nc(N[C@@H](C)c3cncc(F)c3)nc3nc(C)sc23)C1.CO[C@@H]1CCN(C(=O)c2nc(N[C@@H](C)c3cccc(F)c3)nc3nc(C)sc23)C1.CO[C@H]1CCN(C(=O)c2nc(N[C@@H](C)c3cccc(F)c3)nc3nc(C)sc23)C1.Cc1nc2nc(N[C@@H](C)c3cccc(F)c3)nc(C(=O)N3CC[C@@H](N)C3)c2s1.Cc1nc2nc(N[C@@H](C)c3cccc(F)c3)nc(C(=O)N3CC[C@H](N)C3)c2s1. The molecule has 0 bridgehead atoms. The van der Waals surface area contributed by atoms with Crippen LogP contribution < -0.4 is 43.4 Å². The van der Waals surface area contributed by atoms with Crippen LogP contribution in [-0.4, -0.2) is 250 Å². The predicted octanol–water partition coefficient (Wildman–Crippen LogP) is 15.8. The monoisotopic (exact) mass is 2090 g/mol. The van der Waals surface area contributed by atoms with E-state index in [4.69, 9.17) is 20.9 Å². The molecule has 0 unspecified atom stereocenters. The molecule has 20 rings (SSSR count). The number of hydrogen-bond donors (Lipinski definition) is 8. The average Bonchev–Trinajstić information content (AvgIpc) is 1.69. The fourth-order valence-electron chi connectivity index (χ4n) is 16.9. The van der Waals surface area contributed by atoms with Crippen molar-refractivity contribution >= 4 is 174 Å². The molecule has 5 saturated heterocycles. The largest absolute Gasteiger partial charge is 0.380 e. The quantitative estimate of drug-likeness (QED) is 0.0260. The minimum absolute atomic E-state index is 0. The Hall–Kier alpha value is -13.8. The minimum Gasteiger partial charge on any atom is -0.380 e. The lowest BCUT2D eigenvalue weighted by atomic mass is 9.99. The molecule has 11 aromatic heterocycles. The van der Waals surface area contributed by atoms with E-state index in [1.54, 1.807) is 69.2 Å². The van der Waals surface area contributed by atoms with Gasteiger partial charge in [-0.1, -0.05) is 56.0 Å². The summed E-state index contributed by atoms with van der Waals surface area (Å²) in [6, 6.07) is 25.5. The third kappa shape index (κ3) is 26.0. The number of carbonyl (C=O) groups is 6. The van der Waals surface area contributed by atoms with Crippen LogP contribution in [0.2, 0.25) is 0 Å². The van der Waals surface area contributed by atoms with Crippen molar-refractivity contribution < 1.29 is 60.2 Å². The number of carbonyl (C=O) groups excluding carboxylic acids is 6. The topological polar surface area (TPSA) is 468 Å². The molecule has 9 atom stereocenters. The maximum atomic E-state index is 13.6. The first-order valence-electron chi connectivity index (χ1n) is 47.0. The second kappa shape index (κ2) is 47.1. The van der Waals surface area contributed by atoms with Crippen molar-refractivity contribution in [3.63, 3.8) is 0 Å². The summed E-state index contributed by atoms with van der Waals surface area (Å²) in [5, 5.41) is 22.6. The predicted molar refractivity (Wildman–Crippen MR) is 554 cm³/mol. The number of nitrogens with zero attached hydrogens (tertiary/aromatic N) is 21. The maximum Gasteiger partial charge on any atom is 0.274 e. The molecule has 16 heterocycles. The van der Waals surface area contributed by atoms with Gasteiger partial charge in [0, 0.05) is 117 Å². The van der Waals surface area contributed by atoms with Crippen molar-refractivity contribution in [1.29, 1.82) is 0 Å². The van der Waals surface area contributed by atoms with Crippen molar-refractivity contribution in [3.8, 4) is 0 Å². The third-order valence-corrected chi connectivity index (χ3v) is 29.4. The number of anilines is 5. The van der Waals surface area contributed by atoms with Crippen molar-refractivity contribution in [2.24, 2.45) is 17.4 Å². The highest BCUT2D eigenvalue weighted by Gasteiger charge is 2.38.